The van der Waals surface area contributed by atoms with Gasteiger partial charge in [-0.25, -0.2) is 0 Å². The Bertz CT molecular complexity index is 777. The minimum atomic E-state index is -0.277. The van der Waals surface area contributed by atoms with Gasteiger partial charge in [0.2, 0.25) is 5.91 Å². The van der Waals surface area contributed by atoms with E-state index in [2.05, 4.69) is 44.8 Å². The van der Waals surface area contributed by atoms with Crippen LogP contribution in [-0.2, 0) is 10.2 Å². The Morgan fingerprint density at radius 2 is 1.83 bits per heavy atom. The van der Waals surface area contributed by atoms with Crippen molar-refractivity contribution in [1.29, 1.82) is 0 Å². The molecule has 2 aromatic rings. The fraction of sp³-hybridized carbons (Fsp3) is 0.522. The Balaban J connectivity index is 1.24. The monoisotopic (exact) mass is 413 g/mol. The summed E-state index contributed by atoms with van der Waals surface area (Å²) in [6.45, 7) is 5.73. The lowest BCUT2D eigenvalue weighted by Gasteiger charge is -2.36. The maximum atomic E-state index is 13.1. The van der Waals surface area contributed by atoms with Crippen LogP contribution in [-0.4, -0.2) is 57.2 Å². The highest BCUT2D eigenvalue weighted by Gasteiger charge is 2.43. The molecule has 0 bridgehead atoms. The summed E-state index contributed by atoms with van der Waals surface area (Å²) in [6.07, 6.45) is 4.27. The van der Waals surface area contributed by atoms with Crippen molar-refractivity contribution in [2.75, 3.05) is 51.3 Å². The summed E-state index contributed by atoms with van der Waals surface area (Å²) in [4.78, 5) is 19.2. The van der Waals surface area contributed by atoms with Gasteiger partial charge in [0.1, 0.15) is 5.75 Å². The van der Waals surface area contributed by atoms with Gasteiger partial charge in [-0.05, 0) is 48.6 Å². The lowest BCUT2D eigenvalue weighted by atomic mass is 9.83. The van der Waals surface area contributed by atoms with E-state index in [4.69, 9.17) is 4.74 Å². The van der Waals surface area contributed by atoms with Crippen LogP contribution in [0.15, 0.2) is 41.8 Å². The van der Waals surface area contributed by atoms with Crippen LogP contribution in [0.1, 0.15) is 30.6 Å². The zero-order valence-electron chi connectivity index (χ0n) is 17.2. The molecule has 5 nitrogen and oxygen atoms in total. The molecule has 0 spiro atoms. The Kier molecular flexibility index (Phi) is 6.40. The number of hydrogen-bond acceptors (Lipinski definition) is 5. The molecule has 6 heteroatoms. The molecule has 0 radical (unpaired) electrons. The molecular formula is C23H31N3O2S. The van der Waals surface area contributed by atoms with Crippen molar-refractivity contribution in [2.45, 2.75) is 31.1 Å². The lowest BCUT2D eigenvalue weighted by Crippen LogP contribution is -2.50. The number of piperazine rings is 1. The van der Waals surface area contributed by atoms with Crippen LogP contribution in [0.4, 0.5) is 5.69 Å². The maximum Gasteiger partial charge on any atom is 0.231 e. The normalized spacial score (nSPS) is 19.3. The van der Waals surface area contributed by atoms with Gasteiger partial charge in [0.05, 0.1) is 12.5 Å². The molecule has 1 aliphatic heterocycles. The first-order chi connectivity index (χ1) is 14.2. The van der Waals surface area contributed by atoms with Crippen molar-refractivity contribution < 1.29 is 9.53 Å². The van der Waals surface area contributed by atoms with E-state index >= 15 is 0 Å². The Labute approximate surface area is 177 Å². The zero-order chi connectivity index (χ0) is 20.1. The van der Waals surface area contributed by atoms with Crippen molar-refractivity contribution in [3.05, 3.63) is 46.7 Å². The Hall–Kier alpha value is -2.05. The number of ether oxygens (including phenoxy) is 1. The highest BCUT2D eigenvalue weighted by Crippen LogP contribution is 2.43. The second-order valence-corrected chi connectivity index (χ2v) is 9.00. The molecule has 1 amide bonds. The number of anilines is 1. The summed E-state index contributed by atoms with van der Waals surface area (Å²) < 4.78 is 5.24. The SMILES string of the molecule is COc1ccc(N2CCN(CCNC(=O)C3(c4cccs4)CCCC3)CC2)cc1. The molecule has 0 unspecified atom stereocenters. The molecule has 2 fully saturated rings. The highest BCUT2D eigenvalue weighted by molar-refractivity contribution is 7.10. The van der Waals surface area contributed by atoms with Crippen LogP contribution in [0, 0.1) is 0 Å². The average Bonchev–Trinajstić information content (AvgIpc) is 3.47. The summed E-state index contributed by atoms with van der Waals surface area (Å²) in [6, 6.07) is 12.5. The third kappa shape index (κ3) is 4.43. The molecule has 1 saturated heterocycles. The molecular weight excluding hydrogens is 382 g/mol. The third-order valence-corrected chi connectivity index (χ3v) is 7.48. The van der Waals surface area contributed by atoms with Crippen molar-refractivity contribution >= 4 is 22.9 Å². The second-order valence-electron chi connectivity index (χ2n) is 8.05. The van der Waals surface area contributed by atoms with Crippen LogP contribution >= 0.6 is 11.3 Å². The number of benzene rings is 1. The predicted octanol–water partition coefficient (Wildman–Crippen LogP) is 3.51. The number of nitrogens with one attached hydrogen (secondary N) is 1. The first kappa shape index (κ1) is 20.2. The topological polar surface area (TPSA) is 44.8 Å². The molecule has 1 N–H and O–H groups in total. The van der Waals surface area contributed by atoms with Gasteiger partial charge in [-0.3, -0.25) is 9.69 Å². The number of methoxy groups -OCH3 is 1. The summed E-state index contributed by atoms with van der Waals surface area (Å²) in [5.41, 5.74) is 0.971. The quantitative estimate of drug-likeness (QED) is 0.755. The van der Waals surface area contributed by atoms with Gasteiger partial charge >= 0.3 is 0 Å². The highest BCUT2D eigenvalue weighted by atomic mass is 32.1. The summed E-state index contributed by atoms with van der Waals surface area (Å²) in [5, 5.41) is 5.34. The minimum Gasteiger partial charge on any atom is -0.497 e. The zero-order valence-corrected chi connectivity index (χ0v) is 18.0. The fourth-order valence-electron chi connectivity index (χ4n) is 4.63. The van der Waals surface area contributed by atoms with E-state index in [1.54, 1.807) is 18.4 Å². The van der Waals surface area contributed by atoms with E-state index in [1.807, 2.05) is 12.1 Å². The average molecular weight is 414 g/mol. The van der Waals surface area contributed by atoms with Gasteiger partial charge in [-0.15, -0.1) is 11.3 Å². The van der Waals surface area contributed by atoms with Crippen LogP contribution in [0.2, 0.25) is 0 Å². The molecule has 4 rings (SSSR count). The number of amides is 1. The summed E-state index contributed by atoms with van der Waals surface area (Å²) >= 11 is 1.72. The van der Waals surface area contributed by atoms with Crippen LogP contribution in [0.5, 0.6) is 5.75 Å². The van der Waals surface area contributed by atoms with E-state index in [9.17, 15) is 4.79 Å². The number of carbonyl (C=O) groups excluding carboxylic acids is 1. The van der Waals surface area contributed by atoms with E-state index in [1.165, 1.54) is 10.6 Å². The first-order valence-corrected chi connectivity index (χ1v) is 11.5. The molecule has 156 valence electrons. The molecule has 1 aromatic carbocycles. The standard InChI is InChI=1S/C23H31N3O2S/c1-28-20-8-6-19(7-9-20)26-16-14-25(15-17-26)13-12-24-22(27)23(10-2-3-11-23)21-5-4-18-29-21/h4-9,18H,2-3,10-17H2,1H3,(H,24,27). The van der Waals surface area contributed by atoms with Gasteiger partial charge in [-0.2, -0.15) is 0 Å². The van der Waals surface area contributed by atoms with Crippen molar-refractivity contribution in [3.8, 4) is 5.75 Å². The van der Waals surface area contributed by atoms with Crippen LogP contribution in [0.25, 0.3) is 0 Å². The van der Waals surface area contributed by atoms with Crippen LogP contribution in [0.3, 0.4) is 0 Å². The Morgan fingerprint density at radius 3 is 2.45 bits per heavy atom. The van der Waals surface area contributed by atoms with Gasteiger partial charge in [-0.1, -0.05) is 18.9 Å². The second kappa shape index (κ2) is 9.18. The summed E-state index contributed by atoms with van der Waals surface area (Å²) in [5.74, 6) is 1.13. The molecule has 2 aliphatic rings. The van der Waals surface area contributed by atoms with E-state index in [0.717, 1.165) is 70.7 Å². The van der Waals surface area contributed by atoms with E-state index < -0.39 is 0 Å². The molecule has 1 aliphatic carbocycles. The summed E-state index contributed by atoms with van der Waals surface area (Å²) in [7, 11) is 1.70. The molecule has 1 aromatic heterocycles. The Morgan fingerprint density at radius 1 is 1.10 bits per heavy atom. The van der Waals surface area contributed by atoms with E-state index in [0.29, 0.717) is 0 Å². The largest absolute Gasteiger partial charge is 0.497 e. The first-order valence-electron chi connectivity index (χ1n) is 10.6. The molecule has 1 saturated carbocycles. The minimum absolute atomic E-state index is 0.231. The van der Waals surface area contributed by atoms with Gasteiger partial charge < -0.3 is 15.0 Å². The molecule has 29 heavy (non-hydrogen) atoms. The number of rotatable bonds is 7. The number of thiophene rings is 1. The predicted molar refractivity (Wildman–Crippen MR) is 119 cm³/mol. The number of hydrogen-bond donors (Lipinski definition) is 1. The maximum absolute atomic E-state index is 13.1. The third-order valence-electron chi connectivity index (χ3n) is 6.41. The molecule has 0 atom stereocenters. The lowest BCUT2D eigenvalue weighted by molar-refractivity contribution is -0.126. The number of nitrogens with zero attached hydrogens (tertiary/aromatic N) is 2. The molecule has 2 heterocycles. The van der Waals surface area contributed by atoms with Crippen molar-refractivity contribution in [1.82, 2.24) is 10.2 Å². The van der Waals surface area contributed by atoms with E-state index in [-0.39, 0.29) is 11.3 Å². The smallest absolute Gasteiger partial charge is 0.231 e. The van der Waals surface area contributed by atoms with Crippen molar-refractivity contribution in [2.24, 2.45) is 0 Å². The van der Waals surface area contributed by atoms with Crippen molar-refractivity contribution in [3.63, 3.8) is 0 Å². The number of carbonyl (C=O) groups is 1. The fourth-order valence-corrected chi connectivity index (χ4v) is 5.62. The van der Waals surface area contributed by atoms with Gasteiger partial charge in [0.25, 0.3) is 0 Å². The van der Waals surface area contributed by atoms with Gasteiger partial charge in [0.15, 0.2) is 0 Å². The van der Waals surface area contributed by atoms with Gasteiger partial charge in [0, 0.05) is 49.8 Å². The van der Waals surface area contributed by atoms with Crippen LogP contribution < -0.4 is 15.0 Å².